The zero-order valence-corrected chi connectivity index (χ0v) is 20.0. The molecule has 0 saturated heterocycles. The van der Waals surface area contributed by atoms with Crippen LogP contribution in [0.4, 0.5) is 0 Å². The van der Waals surface area contributed by atoms with Crippen molar-refractivity contribution in [3.63, 3.8) is 0 Å². The van der Waals surface area contributed by atoms with Gasteiger partial charge in [-0.1, -0.05) is 32.6 Å². The number of aliphatic hydroxyl groups is 1. The highest BCUT2D eigenvalue weighted by Gasteiger charge is 2.13. The van der Waals surface area contributed by atoms with Gasteiger partial charge in [0.05, 0.1) is 6.10 Å². The maximum Gasteiger partial charge on any atom is 0.191 e. The minimum absolute atomic E-state index is 0. The molecule has 27 heavy (non-hydrogen) atoms. The predicted molar refractivity (Wildman–Crippen MR) is 126 cm³/mol. The zero-order chi connectivity index (χ0) is 18.9. The van der Waals surface area contributed by atoms with E-state index in [4.69, 9.17) is 14.8 Å². The van der Waals surface area contributed by atoms with Gasteiger partial charge >= 0.3 is 0 Å². The van der Waals surface area contributed by atoms with Crippen molar-refractivity contribution in [2.24, 2.45) is 10.9 Å². The fraction of sp³-hybridized carbons (Fsp3) is 0.952. The van der Waals surface area contributed by atoms with Crippen molar-refractivity contribution in [1.82, 2.24) is 10.6 Å². The molecule has 6 heteroatoms. The van der Waals surface area contributed by atoms with Crippen molar-refractivity contribution >= 4 is 29.9 Å². The first-order chi connectivity index (χ1) is 12.8. The Morgan fingerprint density at radius 3 is 2.52 bits per heavy atom. The van der Waals surface area contributed by atoms with Crippen LogP contribution in [0, 0.1) is 5.92 Å². The molecule has 162 valence electrons. The summed E-state index contributed by atoms with van der Waals surface area (Å²) in [5, 5.41) is 15.9. The van der Waals surface area contributed by atoms with Gasteiger partial charge in [0.1, 0.15) is 0 Å². The standard InChI is InChI=1S/C21H43N3O2.HI/c1-3-11-19(14-16-25)18-24-21(22-4-2)23-15-9-6-10-17-26-20-12-7-5-8-13-20;/h19-20,25H,3-18H2,1-2H3,(H2,22,23,24);1H. The van der Waals surface area contributed by atoms with Crippen LogP contribution in [0.2, 0.25) is 0 Å². The van der Waals surface area contributed by atoms with Crippen LogP contribution in [0.25, 0.3) is 0 Å². The molecule has 1 aliphatic rings. The fourth-order valence-electron chi connectivity index (χ4n) is 3.57. The van der Waals surface area contributed by atoms with E-state index < -0.39 is 0 Å². The molecular weight excluding hydrogens is 453 g/mol. The van der Waals surface area contributed by atoms with Crippen LogP contribution < -0.4 is 10.6 Å². The number of halogens is 1. The third-order valence-electron chi connectivity index (χ3n) is 5.11. The highest BCUT2D eigenvalue weighted by Crippen LogP contribution is 2.20. The lowest BCUT2D eigenvalue weighted by Crippen LogP contribution is -2.38. The monoisotopic (exact) mass is 497 g/mol. The molecule has 1 fully saturated rings. The Balaban J connectivity index is 0.00000676. The molecule has 0 spiro atoms. The Kier molecular flexibility index (Phi) is 19.2. The van der Waals surface area contributed by atoms with Gasteiger partial charge in [-0.25, -0.2) is 0 Å². The summed E-state index contributed by atoms with van der Waals surface area (Å²) in [7, 11) is 0. The highest BCUT2D eigenvalue weighted by molar-refractivity contribution is 14.0. The second kappa shape index (κ2) is 19.2. The summed E-state index contributed by atoms with van der Waals surface area (Å²) in [6, 6.07) is 0. The second-order valence-electron chi connectivity index (χ2n) is 7.50. The van der Waals surface area contributed by atoms with E-state index in [-0.39, 0.29) is 30.6 Å². The molecule has 1 unspecified atom stereocenters. The second-order valence-corrected chi connectivity index (χ2v) is 7.50. The van der Waals surface area contributed by atoms with Gasteiger partial charge in [-0.3, -0.25) is 4.99 Å². The molecular formula is C21H44IN3O2. The summed E-state index contributed by atoms with van der Waals surface area (Å²) >= 11 is 0. The van der Waals surface area contributed by atoms with E-state index >= 15 is 0 Å². The van der Waals surface area contributed by atoms with Gasteiger partial charge in [-0.15, -0.1) is 24.0 Å². The molecule has 0 heterocycles. The number of unbranched alkanes of at least 4 members (excludes halogenated alkanes) is 2. The van der Waals surface area contributed by atoms with E-state index in [2.05, 4.69) is 24.5 Å². The molecule has 0 aromatic rings. The van der Waals surface area contributed by atoms with E-state index in [1.807, 2.05) is 0 Å². The molecule has 1 saturated carbocycles. The topological polar surface area (TPSA) is 65.9 Å². The highest BCUT2D eigenvalue weighted by atomic mass is 127. The first-order valence-corrected chi connectivity index (χ1v) is 11.0. The van der Waals surface area contributed by atoms with Crippen molar-refractivity contribution in [1.29, 1.82) is 0 Å². The number of nitrogens with one attached hydrogen (secondary N) is 2. The summed E-state index contributed by atoms with van der Waals surface area (Å²) in [4.78, 5) is 4.70. The summed E-state index contributed by atoms with van der Waals surface area (Å²) < 4.78 is 5.98. The molecule has 0 aromatic carbocycles. The van der Waals surface area contributed by atoms with Gasteiger partial charge in [0.25, 0.3) is 0 Å². The van der Waals surface area contributed by atoms with Gasteiger partial charge in [-0.2, -0.15) is 0 Å². The quantitative estimate of drug-likeness (QED) is 0.143. The Morgan fingerprint density at radius 1 is 1.07 bits per heavy atom. The lowest BCUT2D eigenvalue weighted by molar-refractivity contribution is 0.0264. The molecule has 0 aromatic heterocycles. The first-order valence-electron chi connectivity index (χ1n) is 11.0. The van der Waals surface area contributed by atoms with Crippen molar-refractivity contribution < 1.29 is 9.84 Å². The van der Waals surface area contributed by atoms with Crippen LogP contribution in [0.5, 0.6) is 0 Å². The van der Waals surface area contributed by atoms with Crippen molar-refractivity contribution in [2.75, 3.05) is 32.8 Å². The van der Waals surface area contributed by atoms with Crippen molar-refractivity contribution in [2.45, 2.75) is 90.6 Å². The lowest BCUT2D eigenvalue weighted by atomic mass is 9.98. The Bertz CT molecular complexity index is 344. The molecule has 0 radical (unpaired) electrons. The van der Waals surface area contributed by atoms with Crippen LogP contribution in [-0.2, 0) is 4.74 Å². The van der Waals surface area contributed by atoms with E-state index in [0.717, 1.165) is 64.3 Å². The third kappa shape index (κ3) is 14.6. The summed E-state index contributed by atoms with van der Waals surface area (Å²) in [6.07, 6.45) is 13.8. The Morgan fingerprint density at radius 2 is 1.85 bits per heavy atom. The smallest absolute Gasteiger partial charge is 0.191 e. The molecule has 1 rings (SSSR count). The van der Waals surface area contributed by atoms with E-state index in [1.54, 1.807) is 0 Å². The average molecular weight is 498 g/mol. The summed E-state index contributed by atoms with van der Waals surface area (Å²) in [6.45, 7) is 8.07. The minimum Gasteiger partial charge on any atom is -0.396 e. The maximum absolute atomic E-state index is 9.17. The van der Waals surface area contributed by atoms with Gasteiger partial charge in [0.2, 0.25) is 0 Å². The predicted octanol–water partition coefficient (Wildman–Crippen LogP) is 4.48. The number of guanidine groups is 1. The van der Waals surface area contributed by atoms with Crippen LogP contribution in [0.1, 0.15) is 84.5 Å². The van der Waals surface area contributed by atoms with Crippen molar-refractivity contribution in [3.05, 3.63) is 0 Å². The largest absolute Gasteiger partial charge is 0.396 e. The molecule has 3 N–H and O–H groups in total. The van der Waals surface area contributed by atoms with Crippen LogP contribution >= 0.6 is 24.0 Å². The fourth-order valence-corrected chi connectivity index (χ4v) is 3.57. The number of hydrogen-bond donors (Lipinski definition) is 3. The van der Waals surface area contributed by atoms with E-state index in [9.17, 15) is 0 Å². The molecule has 1 aliphatic carbocycles. The lowest BCUT2D eigenvalue weighted by Gasteiger charge is -2.21. The Hall–Kier alpha value is -0.0800. The number of ether oxygens (including phenoxy) is 1. The third-order valence-corrected chi connectivity index (χ3v) is 5.11. The molecule has 0 aliphatic heterocycles. The van der Waals surface area contributed by atoms with Crippen LogP contribution in [0.15, 0.2) is 4.99 Å². The number of rotatable bonds is 14. The number of aliphatic imine (C=N–C) groups is 1. The SMILES string of the molecule is CCCC(CCO)CN=C(NCC)NCCCCCOC1CCCCC1.I. The van der Waals surface area contributed by atoms with Gasteiger partial charge in [0.15, 0.2) is 5.96 Å². The van der Waals surface area contributed by atoms with Gasteiger partial charge in [-0.05, 0) is 57.8 Å². The van der Waals surface area contributed by atoms with Gasteiger partial charge in [0, 0.05) is 32.8 Å². The number of hydrogen-bond acceptors (Lipinski definition) is 3. The van der Waals surface area contributed by atoms with Crippen LogP contribution in [0.3, 0.4) is 0 Å². The molecule has 0 bridgehead atoms. The Labute approximate surface area is 184 Å². The normalized spacial score (nSPS) is 16.6. The average Bonchev–Trinajstić information content (AvgIpc) is 2.66. The van der Waals surface area contributed by atoms with Crippen molar-refractivity contribution in [3.8, 4) is 0 Å². The minimum atomic E-state index is 0. The van der Waals surface area contributed by atoms with Crippen LogP contribution in [-0.4, -0.2) is 50.0 Å². The molecule has 1 atom stereocenters. The molecule has 0 amide bonds. The summed E-state index contributed by atoms with van der Waals surface area (Å²) in [5.41, 5.74) is 0. The number of nitrogens with zero attached hydrogens (tertiary/aromatic N) is 1. The summed E-state index contributed by atoms with van der Waals surface area (Å²) in [5.74, 6) is 1.39. The number of aliphatic hydroxyl groups excluding tert-OH is 1. The molecule has 5 nitrogen and oxygen atoms in total. The first kappa shape index (κ1) is 26.9. The van der Waals surface area contributed by atoms with E-state index in [0.29, 0.717) is 12.0 Å². The van der Waals surface area contributed by atoms with Gasteiger partial charge < -0.3 is 20.5 Å². The maximum atomic E-state index is 9.17. The van der Waals surface area contributed by atoms with E-state index in [1.165, 1.54) is 38.5 Å². The zero-order valence-electron chi connectivity index (χ0n) is 17.7.